The summed E-state index contributed by atoms with van der Waals surface area (Å²) in [5, 5.41) is 11.8. The molecule has 180 valence electrons. The molecule has 2 aromatic carbocycles. The lowest BCUT2D eigenvalue weighted by atomic mass is 9.68. The first-order valence-electron chi connectivity index (χ1n) is 13.5. The Kier molecular flexibility index (Phi) is 5.89. The van der Waals surface area contributed by atoms with E-state index in [1.165, 1.54) is 47.9 Å². The van der Waals surface area contributed by atoms with E-state index in [2.05, 4.69) is 48.5 Å². The van der Waals surface area contributed by atoms with Gasteiger partial charge in [0, 0.05) is 18.0 Å². The van der Waals surface area contributed by atoms with Crippen LogP contribution in [0.4, 0.5) is 4.79 Å². The Hall–Kier alpha value is -2.33. The molecule has 6 rings (SSSR count). The van der Waals surface area contributed by atoms with Crippen LogP contribution in [0.2, 0.25) is 0 Å². The molecule has 0 radical (unpaired) electrons. The van der Waals surface area contributed by atoms with Gasteiger partial charge in [-0.1, -0.05) is 74.2 Å². The van der Waals surface area contributed by atoms with E-state index in [-0.39, 0.29) is 24.1 Å². The van der Waals surface area contributed by atoms with Crippen LogP contribution in [-0.2, 0) is 4.74 Å². The molecule has 0 aromatic heterocycles. The van der Waals surface area contributed by atoms with Gasteiger partial charge in [0.05, 0.1) is 5.60 Å². The van der Waals surface area contributed by atoms with E-state index in [1.807, 2.05) is 4.90 Å². The van der Waals surface area contributed by atoms with Gasteiger partial charge in [-0.25, -0.2) is 4.79 Å². The van der Waals surface area contributed by atoms with Crippen LogP contribution in [0, 0.1) is 5.92 Å². The summed E-state index contributed by atoms with van der Waals surface area (Å²) in [5.41, 5.74) is 4.39. The van der Waals surface area contributed by atoms with Crippen molar-refractivity contribution in [1.82, 2.24) is 4.90 Å². The Morgan fingerprint density at radius 1 is 0.824 bits per heavy atom. The summed E-state index contributed by atoms with van der Waals surface area (Å²) < 4.78 is 6.05. The fourth-order valence-corrected chi connectivity index (χ4v) is 7.58. The molecule has 2 unspecified atom stereocenters. The molecule has 2 saturated heterocycles. The van der Waals surface area contributed by atoms with E-state index < -0.39 is 5.60 Å². The Labute approximate surface area is 203 Å². The lowest BCUT2D eigenvalue weighted by Crippen LogP contribution is -2.61. The molecule has 2 aliphatic heterocycles. The van der Waals surface area contributed by atoms with E-state index in [4.69, 9.17) is 4.74 Å². The fourth-order valence-electron chi connectivity index (χ4n) is 7.58. The van der Waals surface area contributed by atoms with Gasteiger partial charge in [0.2, 0.25) is 0 Å². The molecular formula is C30H37NO3. The number of nitrogens with zero attached hydrogens (tertiary/aromatic N) is 1. The van der Waals surface area contributed by atoms with Crippen molar-refractivity contribution >= 4 is 6.09 Å². The monoisotopic (exact) mass is 459 g/mol. The minimum atomic E-state index is -0.611. The highest BCUT2D eigenvalue weighted by atomic mass is 16.6. The second kappa shape index (κ2) is 9.03. The zero-order valence-corrected chi connectivity index (χ0v) is 20.1. The zero-order chi connectivity index (χ0) is 23.1. The summed E-state index contributed by atoms with van der Waals surface area (Å²) in [6, 6.07) is 17.2. The van der Waals surface area contributed by atoms with Crippen LogP contribution in [0.3, 0.4) is 0 Å². The van der Waals surface area contributed by atoms with Gasteiger partial charge in [-0.3, -0.25) is 0 Å². The van der Waals surface area contributed by atoms with Gasteiger partial charge in [-0.15, -0.1) is 0 Å². The third kappa shape index (κ3) is 3.84. The second-order valence-corrected chi connectivity index (χ2v) is 11.2. The van der Waals surface area contributed by atoms with E-state index in [0.717, 1.165) is 44.9 Å². The Morgan fingerprint density at radius 2 is 1.38 bits per heavy atom. The number of hydrogen-bond donors (Lipinski definition) is 1. The van der Waals surface area contributed by atoms with Crippen LogP contribution in [0.15, 0.2) is 48.5 Å². The first-order valence-corrected chi connectivity index (χ1v) is 13.5. The van der Waals surface area contributed by atoms with Gasteiger partial charge in [-0.2, -0.15) is 0 Å². The number of benzene rings is 2. The number of fused-ring (bicyclic) bond motifs is 5. The smallest absolute Gasteiger partial charge is 0.410 e. The summed E-state index contributed by atoms with van der Waals surface area (Å²) in [6.07, 6.45) is 11.7. The molecule has 3 fully saturated rings. The summed E-state index contributed by atoms with van der Waals surface area (Å²) in [5.74, 6) is 0.478. The summed E-state index contributed by atoms with van der Waals surface area (Å²) >= 11 is 0. The first kappa shape index (κ1) is 22.2. The number of piperidine rings is 2. The quantitative estimate of drug-likeness (QED) is 0.523. The second-order valence-electron chi connectivity index (χ2n) is 11.2. The van der Waals surface area contributed by atoms with Crippen LogP contribution in [0.1, 0.15) is 87.7 Å². The normalized spacial score (nSPS) is 29.3. The number of ether oxygens (including phenoxy) is 1. The molecule has 4 aliphatic rings. The van der Waals surface area contributed by atoms with Gasteiger partial charge >= 0.3 is 6.09 Å². The molecule has 0 spiro atoms. The predicted octanol–water partition coefficient (Wildman–Crippen LogP) is 6.65. The van der Waals surface area contributed by atoms with Crippen molar-refractivity contribution in [2.24, 2.45) is 5.92 Å². The molecule has 1 saturated carbocycles. The average molecular weight is 460 g/mol. The molecule has 2 aromatic rings. The maximum absolute atomic E-state index is 13.5. The average Bonchev–Trinajstić information content (AvgIpc) is 2.98. The van der Waals surface area contributed by atoms with E-state index in [9.17, 15) is 9.90 Å². The highest BCUT2D eigenvalue weighted by Crippen LogP contribution is 2.47. The number of hydrogen-bond acceptors (Lipinski definition) is 3. The number of amides is 1. The summed E-state index contributed by atoms with van der Waals surface area (Å²) in [7, 11) is 0. The number of aliphatic hydroxyl groups is 1. The topological polar surface area (TPSA) is 49.8 Å². The number of carbonyl (C=O) groups is 1. The molecule has 2 bridgehead atoms. The number of rotatable bonds is 3. The highest BCUT2D eigenvalue weighted by Gasteiger charge is 2.51. The Morgan fingerprint density at radius 3 is 1.97 bits per heavy atom. The van der Waals surface area contributed by atoms with Crippen molar-refractivity contribution in [3.8, 4) is 11.1 Å². The molecule has 2 atom stereocenters. The van der Waals surface area contributed by atoms with E-state index >= 15 is 0 Å². The molecule has 4 heteroatoms. The SMILES string of the molecule is O=C(OCC1c2ccccc2-c2ccccc21)N1C2CCCC1CC(O)(C1CCCCCC1)C2. The van der Waals surface area contributed by atoms with Crippen LogP contribution >= 0.6 is 0 Å². The van der Waals surface area contributed by atoms with Gasteiger partial charge in [0.15, 0.2) is 0 Å². The van der Waals surface area contributed by atoms with Crippen molar-refractivity contribution in [2.45, 2.75) is 94.2 Å². The predicted molar refractivity (Wildman–Crippen MR) is 134 cm³/mol. The van der Waals surface area contributed by atoms with Crippen LogP contribution in [-0.4, -0.2) is 40.4 Å². The molecule has 1 amide bonds. The maximum Gasteiger partial charge on any atom is 0.410 e. The summed E-state index contributed by atoms with van der Waals surface area (Å²) in [4.78, 5) is 15.5. The van der Waals surface area contributed by atoms with E-state index in [1.54, 1.807) is 0 Å². The van der Waals surface area contributed by atoms with E-state index in [0.29, 0.717) is 12.5 Å². The zero-order valence-electron chi connectivity index (χ0n) is 20.1. The third-order valence-electron chi connectivity index (χ3n) is 9.20. The highest BCUT2D eigenvalue weighted by molar-refractivity contribution is 5.79. The maximum atomic E-state index is 13.5. The largest absolute Gasteiger partial charge is 0.448 e. The minimum absolute atomic E-state index is 0.0869. The lowest BCUT2D eigenvalue weighted by molar-refractivity contribution is -0.118. The fraction of sp³-hybridized carbons (Fsp3) is 0.567. The molecule has 2 aliphatic carbocycles. The van der Waals surface area contributed by atoms with Crippen LogP contribution < -0.4 is 0 Å². The molecular weight excluding hydrogens is 422 g/mol. The standard InChI is InChI=1S/C30H37NO3/c32-29(34-20-28-26-16-7-5-14-24(26)25-15-6-8-17-27(25)28)31-22-12-9-13-23(31)19-30(33,18-22)21-10-3-1-2-4-11-21/h5-8,14-17,21-23,28,33H,1-4,9-13,18-20H2. The lowest BCUT2D eigenvalue weighted by Gasteiger charge is -2.53. The van der Waals surface area contributed by atoms with Gasteiger partial charge in [0.1, 0.15) is 6.61 Å². The molecule has 1 N–H and O–H groups in total. The first-order chi connectivity index (χ1) is 16.6. The van der Waals surface area contributed by atoms with Crippen molar-refractivity contribution in [3.05, 3.63) is 59.7 Å². The number of carbonyl (C=O) groups excluding carboxylic acids is 1. The van der Waals surface area contributed by atoms with Crippen LogP contribution in [0.25, 0.3) is 11.1 Å². The van der Waals surface area contributed by atoms with Gasteiger partial charge in [0.25, 0.3) is 0 Å². The van der Waals surface area contributed by atoms with Crippen molar-refractivity contribution < 1.29 is 14.6 Å². The van der Waals surface area contributed by atoms with Crippen molar-refractivity contribution in [3.63, 3.8) is 0 Å². The summed E-state index contributed by atoms with van der Waals surface area (Å²) in [6.45, 7) is 0.371. The Balaban J connectivity index is 1.17. The molecule has 4 nitrogen and oxygen atoms in total. The Bertz CT molecular complexity index is 981. The van der Waals surface area contributed by atoms with Crippen molar-refractivity contribution in [2.75, 3.05) is 6.61 Å². The van der Waals surface area contributed by atoms with Gasteiger partial charge in [-0.05, 0) is 73.1 Å². The van der Waals surface area contributed by atoms with Gasteiger partial charge < -0.3 is 14.7 Å². The third-order valence-corrected chi connectivity index (χ3v) is 9.20. The van der Waals surface area contributed by atoms with Crippen molar-refractivity contribution in [1.29, 1.82) is 0 Å². The van der Waals surface area contributed by atoms with Crippen LogP contribution in [0.5, 0.6) is 0 Å². The minimum Gasteiger partial charge on any atom is -0.448 e. The molecule has 34 heavy (non-hydrogen) atoms. The molecule has 2 heterocycles.